The SMILES string of the molecule is COc1ccc(/C=C/C(=O)c2ccc(Cl)c(Cl)c2)cc1OC. The fourth-order valence-electron chi connectivity index (χ4n) is 1.87. The number of allylic oxidation sites excluding steroid dienone is 1. The van der Waals surface area contributed by atoms with Crippen molar-refractivity contribution in [1.29, 1.82) is 0 Å². The van der Waals surface area contributed by atoms with Crippen molar-refractivity contribution in [1.82, 2.24) is 0 Å². The van der Waals surface area contributed by atoms with E-state index in [1.807, 2.05) is 6.07 Å². The molecule has 2 rings (SSSR count). The summed E-state index contributed by atoms with van der Waals surface area (Å²) < 4.78 is 10.4. The smallest absolute Gasteiger partial charge is 0.185 e. The molecular formula is C17H14Cl2O3. The van der Waals surface area contributed by atoms with E-state index in [-0.39, 0.29) is 5.78 Å². The van der Waals surface area contributed by atoms with Gasteiger partial charge in [0.05, 0.1) is 24.3 Å². The van der Waals surface area contributed by atoms with Gasteiger partial charge in [-0.3, -0.25) is 4.79 Å². The first-order valence-corrected chi connectivity index (χ1v) is 7.20. The summed E-state index contributed by atoms with van der Waals surface area (Å²) in [6.45, 7) is 0. The molecule has 0 aliphatic heterocycles. The lowest BCUT2D eigenvalue weighted by molar-refractivity contribution is 0.104. The lowest BCUT2D eigenvalue weighted by atomic mass is 10.1. The first-order valence-electron chi connectivity index (χ1n) is 6.44. The van der Waals surface area contributed by atoms with E-state index >= 15 is 0 Å². The van der Waals surface area contributed by atoms with Gasteiger partial charge in [-0.2, -0.15) is 0 Å². The number of carbonyl (C=O) groups excluding carboxylic acids is 1. The summed E-state index contributed by atoms with van der Waals surface area (Å²) in [4.78, 5) is 12.1. The maximum absolute atomic E-state index is 12.1. The number of methoxy groups -OCH3 is 2. The zero-order chi connectivity index (χ0) is 16.1. The molecule has 0 spiro atoms. The standard InChI is InChI=1S/C17H14Cl2O3/c1-21-16-8-4-11(9-17(16)22-2)3-7-15(20)12-5-6-13(18)14(19)10-12/h3-10H,1-2H3/b7-3+. The minimum atomic E-state index is -0.159. The Balaban J connectivity index is 2.20. The molecule has 114 valence electrons. The molecule has 22 heavy (non-hydrogen) atoms. The van der Waals surface area contributed by atoms with Gasteiger partial charge in [0.15, 0.2) is 17.3 Å². The van der Waals surface area contributed by atoms with Gasteiger partial charge in [-0.25, -0.2) is 0 Å². The van der Waals surface area contributed by atoms with Crippen molar-refractivity contribution in [3.8, 4) is 11.5 Å². The minimum Gasteiger partial charge on any atom is -0.493 e. The van der Waals surface area contributed by atoms with Gasteiger partial charge in [0.25, 0.3) is 0 Å². The number of hydrogen-bond donors (Lipinski definition) is 0. The van der Waals surface area contributed by atoms with Gasteiger partial charge in [0.2, 0.25) is 0 Å². The van der Waals surface area contributed by atoms with Crippen molar-refractivity contribution in [3.05, 3.63) is 63.6 Å². The Kier molecular flexibility index (Phi) is 5.47. The molecule has 0 heterocycles. The van der Waals surface area contributed by atoms with E-state index in [2.05, 4.69) is 0 Å². The van der Waals surface area contributed by atoms with Crippen LogP contribution in [-0.4, -0.2) is 20.0 Å². The largest absolute Gasteiger partial charge is 0.493 e. The highest BCUT2D eigenvalue weighted by molar-refractivity contribution is 6.42. The van der Waals surface area contributed by atoms with Crippen LogP contribution in [0.3, 0.4) is 0 Å². The lowest BCUT2D eigenvalue weighted by Crippen LogP contribution is -1.94. The van der Waals surface area contributed by atoms with Gasteiger partial charge in [0, 0.05) is 5.56 Å². The molecule has 0 aliphatic carbocycles. The summed E-state index contributed by atoms with van der Waals surface area (Å²) in [5, 5.41) is 0.772. The Hall–Kier alpha value is -1.97. The third kappa shape index (κ3) is 3.81. The molecule has 0 bridgehead atoms. The third-order valence-corrected chi connectivity index (χ3v) is 3.78. The molecule has 5 heteroatoms. The predicted octanol–water partition coefficient (Wildman–Crippen LogP) is 4.91. The van der Waals surface area contributed by atoms with Crippen molar-refractivity contribution in [3.63, 3.8) is 0 Å². The lowest BCUT2D eigenvalue weighted by Gasteiger charge is -2.07. The quantitative estimate of drug-likeness (QED) is 0.575. The molecule has 0 saturated carbocycles. The Morgan fingerprint density at radius 1 is 0.955 bits per heavy atom. The zero-order valence-corrected chi connectivity index (χ0v) is 13.6. The summed E-state index contributed by atoms with van der Waals surface area (Å²) in [5.41, 5.74) is 1.30. The van der Waals surface area contributed by atoms with E-state index in [0.29, 0.717) is 27.1 Å². The molecular weight excluding hydrogens is 323 g/mol. The molecule has 3 nitrogen and oxygen atoms in total. The summed E-state index contributed by atoms with van der Waals surface area (Å²) in [7, 11) is 3.13. The minimum absolute atomic E-state index is 0.159. The van der Waals surface area contributed by atoms with E-state index in [0.717, 1.165) is 5.56 Å². The fraction of sp³-hybridized carbons (Fsp3) is 0.118. The van der Waals surface area contributed by atoms with Crippen LogP contribution >= 0.6 is 23.2 Å². The molecule has 0 fully saturated rings. The first kappa shape index (κ1) is 16.4. The first-order chi connectivity index (χ1) is 10.5. The molecule has 0 atom stereocenters. The van der Waals surface area contributed by atoms with Crippen LogP contribution in [0, 0.1) is 0 Å². The van der Waals surface area contributed by atoms with Crippen LogP contribution in [-0.2, 0) is 0 Å². The summed E-state index contributed by atoms with van der Waals surface area (Å²) in [6.07, 6.45) is 3.17. The number of benzene rings is 2. The van der Waals surface area contributed by atoms with Gasteiger partial charge in [0.1, 0.15) is 0 Å². The highest BCUT2D eigenvalue weighted by atomic mass is 35.5. The average molecular weight is 337 g/mol. The molecule has 2 aromatic rings. The maximum atomic E-state index is 12.1. The van der Waals surface area contributed by atoms with Crippen molar-refractivity contribution < 1.29 is 14.3 Å². The Morgan fingerprint density at radius 3 is 2.32 bits per heavy atom. The van der Waals surface area contributed by atoms with Gasteiger partial charge >= 0.3 is 0 Å². The number of carbonyl (C=O) groups is 1. The molecule has 0 saturated heterocycles. The van der Waals surface area contributed by atoms with E-state index < -0.39 is 0 Å². The highest BCUT2D eigenvalue weighted by Crippen LogP contribution is 2.28. The van der Waals surface area contributed by atoms with Crippen LogP contribution in [0.4, 0.5) is 0 Å². The van der Waals surface area contributed by atoms with Crippen molar-refractivity contribution in [2.45, 2.75) is 0 Å². The topological polar surface area (TPSA) is 35.5 Å². The molecule has 0 unspecified atom stereocenters. The predicted molar refractivity (Wildman–Crippen MR) is 89.4 cm³/mol. The number of rotatable bonds is 5. The number of halogens is 2. The van der Waals surface area contributed by atoms with E-state index in [4.69, 9.17) is 32.7 Å². The molecule has 0 N–H and O–H groups in total. The zero-order valence-electron chi connectivity index (χ0n) is 12.1. The van der Waals surface area contributed by atoms with Gasteiger partial charge in [-0.05, 0) is 42.0 Å². The second-order valence-electron chi connectivity index (χ2n) is 4.44. The van der Waals surface area contributed by atoms with E-state index in [9.17, 15) is 4.79 Å². The van der Waals surface area contributed by atoms with Crippen LogP contribution in [0.1, 0.15) is 15.9 Å². The normalized spacial score (nSPS) is 10.7. The summed E-state index contributed by atoms with van der Waals surface area (Å²) in [5.74, 6) is 1.08. The Labute approximate surface area is 139 Å². The average Bonchev–Trinajstić information content (AvgIpc) is 2.54. The highest BCUT2D eigenvalue weighted by Gasteiger charge is 2.06. The maximum Gasteiger partial charge on any atom is 0.185 e. The monoisotopic (exact) mass is 336 g/mol. The molecule has 0 aromatic heterocycles. The van der Waals surface area contributed by atoms with Gasteiger partial charge in [-0.1, -0.05) is 35.3 Å². The number of ketones is 1. The number of hydrogen-bond acceptors (Lipinski definition) is 3. The van der Waals surface area contributed by atoms with Crippen molar-refractivity contribution >= 4 is 35.1 Å². The Morgan fingerprint density at radius 2 is 1.68 bits per heavy atom. The molecule has 0 amide bonds. The molecule has 0 radical (unpaired) electrons. The van der Waals surface area contributed by atoms with Gasteiger partial charge in [-0.15, -0.1) is 0 Å². The van der Waals surface area contributed by atoms with Crippen molar-refractivity contribution in [2.75, 3.05) is 14.2 Å². The van der Waals surface area contributed by atoms with E-state index in [1.54, 1.807) is 50.6 Å². The second kappa shape index (κ2) is 7.34. The van der Waals surface area contributed by atoms with Crippen LogP contribution < -0.4 is 9.47 Å². The summed E-state index contributed by atoms with van der Waals surface area (Å²) in [6, 6.07) is 10.2. The molecule has 0 aliphatic rings. The van der Waals surface area contributed by atoms with Crippen molar-refractivity contribution in [2.24, 2.45) is 0 Å². The second-order valence-corrected chi connectivity index (χ2v) is 5.26. The Bertz CT molecular complexity index is 724. The van der Waals surface area contributed by atoms with Crippen LogP contribution in [0.15, 0.2) is 42.5 Å². The van der Waals surface area contributed by atoms with Crippen LogP contribution in [0.2, 0.25) is 10.0 Å². The summed E-state index contributed by atoms with van der Waals surface area (Å²) >= 11 is 11.7. The molecule has 2 aromatic carbocycles. The van der Waals surface area contributed by atoms with Crippen LogP contribution in [0.25, 0.3) is 6.08 Å². The third-order valence-electron chi connectivity index (χ3n) is 3.04. The number of ether oxygens (including phenoxy) is 2. The van der Waals surface area contributed by atoms with E-state index in [1.165, 1.54) is 6.08 Å². The fourth-order valence-corrected chi connectivity index (χ4v) is 2.17. The van der Waals surface area contributed by atoms with Gasteiger partial charge < -0.3 is 9.47 Å². The van der Waals surface area contributed by atoms with Crippen LogP contribution in [0.5, 0.6) is 11.5 Å².